The fourth-order valence-corrected chi connectivity index (χ4v) is 6.12. The number of ether oxygens (including phenoxy) is 7. The molecule has 12 nitrogen and oxygen atoms in total. The van der Waals surface area contributed by atoms with Crippen LogP contribution in [0.4, 0.5) is 0 Å². The van der Waals surface area contributed by atoms with Gasteiger partial charge in [0.2, 0.25) is 18.6 Å². The summed E-state index contributed by atoms with van der Waals surface area (Å²) in [5, 5.41) is 3.17. The number of rotatable bonds is 7. The van der Waals surface area contributed by atoms with E-state index >= 15 is 0 Å². The summed E-state index contributed by atoms with van der Waals surface area (Å²) in [7, 11) is 4.80. The van der Waals surface area contributed by atoms with Gasteiger partial charge in [0.15, 0.2) is 23.0 Å². The van der Waals surface area contributed by atoms with Gasteiger partial charge in [0, 0.05) is 51.3 Å². The van der Waals surface area contributed by atoms with E-state index in [4.69, 9.17) is 33.2 Å². The molecule has 3 aliphatic heterocycles. The molecular formula is C35H41N3O9. The molecule has 6 rings (SSSR count). The minimum atomic E-state index is -0.317. The maximum absolute atomic E-state index is 13.5. The number of nitrogens with zero attached hydrogens (tertiary/aromatic N) is 2. The van der Waals surface area contributed by atoms with Crippen molar-refractivity contribution in [2.75, 3.05) is 60.9 Å². The first-order valence-corrected chi connectivity index (χ1v) is 15.7. The normalized spacial score (nSPS) is 20.1. The Hall–Kier alpha value is -4.52. The van der Waals surface area contributed by atoms with Gasteiger partial charge in [0.1, 0.15) is 11.5 Å². The Kier molecular flexibility index (Phi) is 10.3. The number of benzene rings is 3. The SMILES string of the molecule is COCCN1CC(=O)N[C@H]2CN(Cc3cc4c(cc3OC)OCO4)C[C@@H]2OCc2cccc(c2)Oc2cc(ccc2OC)CCC1=O. The number of likely N-dealkylation sites (tertiary alicyclic amines) is 1. The third kappa shape index (κ3) is 7.90. The molecule has 3 aromatic carbocycles. The Morgan fingerprint density at radius 1 is 0.872 bits per heavy atom. The smallest absolute Gasteiger partial charge is 0.239 e. The summed E-state index contributed by atoms with van der Waals surface area (Å²) in [6.07, 6.45) is 0.377. The van der Waals surface area contributed by atoms with E-state index in [1.165, 1.54) is 0 Å². The molecule has 3 aliphatic rings. The van der Waals surface area contributed by atoms with E-state index in [2.05, 4.69) is 10.2 Å². The van der Waals surface area contributed by atoms with Crippen molar-refractivity contribution in [2.45, 2.75) is 38.1 Å². The lowest BCUT2D eigenvalue weighted by molar-refractivity contribution is -0.137. The molecule has 47 heavy (non-hydrogen) atoms. The highest BCUT2D eigenvalue weighted by molar-refractivity contribution is 5.85. The molecule has 3 aromatic rings. The molecule has 1 fully saturated rings. The van der Waals surface area contributed by atoms with Crippen LogP contribution in [0.5, 0.6) is 34.5 Å². The van der Waals surface area contributed by atoms with Crippen LogP contribution in [0, 0.1) is 0 Å². The Labute approximate surface area is 274 Å². The molecule has 0 spiro atoms. The Bertz CT molecular complexity index is 1580. The van der Waals surface area contributed by atoms with Crippen molar-refractivity contribution >= 4 is 11.8 Å². The highest BCUT2D eigenvalue weighted by atomic mass is 16.7. The largest absolute Gasteiger partial charge is 0.496 e. The number of fused-ring (bicyclic) bond motifs is 6. The molecule has 2 atom stereocenters. The highest BCUT2D eigenvalue weighted by Gasteiger charge is 2.36. The second kappa shape index (κ2) is 14.9. The lowest BCUT2D eigenvalue weighted by atomic mass is 10.1. The van der Waals surface area contributed by atoms with Crippen molar-refractivity contribution < 1.29 is 42.7 Å². The summed E-state index contributed by atoms with van der Waals surface area (Å²) < 4.78 is 40.4. The number of nitrogens with one attached hydrogen (secondary N) is 1. The van der Waals surface area contributed by atoms with E-state index in [9.17, 15) is 9.59 Å². The Morgan fingerprint density at radius 2 is 1.70 bits per heavy atom. The third-order valence-corrected chi connectivity index (χ3v) is 8.56. The van der Waals surface area contributed by atoms with Crippen LogP contribution in [0.3, 0.4) is 0 Å². The molecular weight excluding hydrogens is 606 g/mol. The van der Waals surface area contributed by atoms with Crippen LogP contribution in [-0.2, 0) is 38.6 Å². The molecule has 0 radical (unpaired) electrons. The average Bonchev–Trinajstić information content (AvgIpc) is 3.69. The Balaban J connectivity index is 1.26. The Morgan fingerprint density at radius 3 is 2.51 bits per heavy atom. The van der Waals surface area contributed by atoms with Gasteiger partial charge in [-0.15, -0.1) is 0 Å². The third-order valence-electron chi connectivity index (χ3n) is 8.56. The van der Waals surface area contributed by atoms with Crippen LogP contribution in [0.1, 0.15) is 23.1 Å². The number of amides is 2. The van der Waals surface area contributed by atoms with Crippen LogP contribution in [0.15, 0.2) is 54.6 Å². The topological polar surface area (TPSA) is 117 Å². The first-order valence-electron chi connectivity index (χ1n) is 15.7. The number of hydrogen-bond acceptors (Lipinski definition) is 10. The van der Waals surface area contributed by atoms with Crippen LogP contribution in [-0.4, -0.2) is 94.7 Å². The first-order chi connectivity index (χ1) is 22.9. The van der Waals surface area contributed by atoms with Gasteiger partial charge in [-0.05, 0) is 47.9 Å². The molecule has 0 saturated carbocycles. The molecule has 2 amide bonds. The summed E-state index contributed by atoms with van der Waals surface area (Å²) in [5.41, 5.74) is 2.78. The van der Waals surface area contributed by atoms with E-state index in [-0.39, 0.29) is 43.7 Å². The number of carbonyl (C=O) groups excluding carboxylic acids is 2. The van der Waals surface area contributed by atoms with E-state index < -0.39 is 0 Å². The minimum absolute atomic E-state index is 0.0829. The van der Waals surface area contributed by atoms with Gasteiger partial charge < -0.3 is 43.4 Å². The van der Waals surface area contributed by atoms with Gasteiger partial charge in [-0.3, -0.25) is 14.5 Å². The first kappa shape index (κ1) is 32.4. The molecule has 3 heterocycles. The van der Waals surface area contributed by atoms with Crippen LogP contribution in [0.2, 0.25) is 0 Å². The van der Waals surface area contributed by atoms with Gasteiger partial charge in [0.05, 0.1) is 46.1 Å². The van der Waals surface area contributed by atoms with Crippen LogP contribution < -0.4 is 29.0 Å². The average molecular weight is 648 g/mol. The maximum Gasteiger partial charge on any atom is 0.239 e. The number of carbonyl (C=O) groups is 2. The number of hydrogen-bond donors (Lipinski definition) is 1. The molecule has 250 valence electrons. The summed E-state index contributed by atoms with van der Waals surface area (Å²) in [6.45, 7) is 2.67. The maximum atomic E-state index is 13.5. The van der Waals surface area contributed by atoms with E-state index in [0.717, 1.165) is 16.7 Å². The zero-order valence-electron chi connectivity index (χ0n) is 27.0. The van der Waals surface area contributed by atoms with E-state index in [1.54, 1.807) is 26.2 Å². The highest BCUT2D eigenvalue weighted by Crippen LogP contribution is 2.39. The second-order valence-electron chi connectivity index (χ2n) is 11.8. The van der Waals surface area contributed by atoms with Crippen LogP contribution >= 0.6 is 0 Å². The van der Waals surface area contributed by atoms with Crippen molar-refractivity contribution in [1.29, 1.82) is 0 Å². The fraction of sp³-hybridized carbons (Fsp3) is 0.429. The van der Waals surface area contributed by atoms with Crippen molar-refractivity contribution in [3.05, 3.63) is 71.3 Å². The zero-order chi connectivity index (χ0) is 32.8. The summed E-state index contributed by atoms with van der Waals surface area (Å²) in [4.78, 5) is 30.6. The number of methoxy groups -OCH3 is 3. The zero-order valence-corrected chi connectivity index (χ0v) is 27.0. The monoisotopic (exact) mass is 647 g/mol. The second-order valence-corrected chi connectivity index (χ2v) is 11.8. The summed E-state index contributed by atoms with van der Waals surface area (Å²) in [6, 6.07) is 16.8. The molecule has 0 unspecified atom stereocenters. The predicted molar refractivity (Wildman–Crippen MR) is 171 cm³/mol. The molecule has 12 heteroatoms. The van der Waals surface area contributed by atoms with Crippen molar-refractivity contribution in [2.24, 2.45) is 0 Å². The van der Waals surface area contributed by atoms with E-state index in [1.807, 2.05) is 54.6 Å². The van der Waals surface area contributed by atoms with Crippen molar-refractivity contribution in [3.8, 4) is 34.5 Å². The lowest BCUT2D eigenvalue weighted by Crippen LogP contribution is -2.49. The van der Waals surface area contributed by atoms with Gasteiger partial charge in [-0.25, -0.2) is 0 Å². The standard InChI is InChI=1S/C35H41N3O9/c1-41-12-11-38-20-34(39)36-27-18-37(17-25-15-30-31(46-22-45-30)16-29(25)43-3)19-33(27)44-21-24-5-4-6-26(13-24)47-32-14-23(8-10-35(38)40)7-9-28(32)42-2/h4-7,9,13-16,27,33H,8,10-12,17-22H2,1-3H3,(H,36,39)/t27-,33-/m0/s1. The quantitative estimate of drug-likeness (QED) is 0.408. The van der Waals surface area contributed by atoms with Gasteiger partial charge in [-0.2, -0.15) is 0 Å². The predicted octanol–water partition coefficient (Wildman–Crippen LogP) is 3.53. The number of aryl methyl sites for hydroxylation is 1. The lowest BCUT2D eigenvalue weighted by Gasteiger charge is -2.25. The van der Waals surface area contributed by atoms with Gasteiger partial charge in [-0.1, -0.05) is 18.2 Å². The van der Waals surface area contributed by atoms with Gasteiger partial charge >= 0.3 is 0 Å². The molecule has 1 N–H and O–H groups in total. The van der Waals surface area contributed by atoms with E-state index in [0.29, 0.717) is 80.3 Å². The molecule has 0 aromatic heterocycles. The van der Waals surface area contributed by atoms with Crippen molar-refractivity contribution in [1.82, 2.24) is 15.1 Å². The van der Waals surface area contributed by atoms with Crippen LogP contribution in [0.25, 0.3) is 0 Å². The molecule has 0 aliphatic carbocycles. The molecule has 1 saturated heterocycles. The summed E-state index contributed by atoms with van der Waals surface area (Å²) >= 11 is 0. The fourth-order valence-electron chi connectivity index (χ4n) is 6.12. The molecule has 4 bridgehead atoms. The van der Waals surface area contributed by atoms with Gasteiger partial charge in [0.25, 0.3) is 0 Å². The van der Waals surface area contributed by atoms with Crippen molar-refractivity contribution in [3.63, 3.8) is 0 Å². The summed E-state index contributed by atoms with van der Waals surface area (Å²) in [5.74, 6) is 3.41. The minimum Gasteiger partial charge on any atom is -0.496 e.